The number of hydrogen-bond donors (Lipinski definition) is 0. The molecule has 0 bridgehead atoms. The SMILES string of the molecule is N#Cc1ccc(OCc2nc(-c3ccccc3)no2)c(Cl)c1. The average molecular weight is 312 g/mol. The number of hydrogen-bond acceptors (Lipinski definition) is 5. The smallest absolute Gasteiger partial charge is 0.264 e. The van der Waals surface area contributed by atoms with Crippen LogP contribution in [0.4, 0.5) is 0 Å². The van der Waals surface area contributed by atoms with E-state index >= 15 is 0 Å². The minimum Gasteiger partial charge on any atom is -0.482 e. The Kier molecular flexibility index (Phi) is 4.03. The monoisotopic (exact) mass is 311 g/mol. The summed E-state index contributed by atoms with van der Waals surface area (Å²) >= 11 is 6.03. The van der Waals surface area contributed by atoms with Gasteiger partial charge >= 0.3 is 0 Å². The molecule has 0 spiro atoms. The molecule has 0 unspecified atom stereocenters. The van der Waals surface area contributed by atoms with E-state index in [2.05, 4.69) is 10.1 Å². The molecule has 0 atom stereocenters. The van der Waals surface area contributed by atoms with Gasteiger partial charge in [0.2, 0.25) is 5.82 Å². The zero-order valence-corrected chi connectivity index (χ0v) is 12.1. The van der Waals surface area contributed by atoms with E-state index in [0.29, 0.717) is 28.1 Å². The molecule has 1 heterocycles. The third kappa shape index (κ3) is 3.08. The molecule has 0 aliphatic rings. The summed E-state index contributed by atoms with van der Waals surface area (Å²) in [5, 5.41) is 13.1. The summed E-state index contributed by atoms with van der Waals surface area (Å²) in [5.74, 6) is 1.31. The number of nitriles is 1. The van der Waals surface area contributed by atoms with Crippen LogP contribution in [-0.4, -0.2) is 10.1 Å². The highest BCUT2D eigenvalue weighted by molar-refractivity contribution is 6.32. The van der Waals surface area contributed by atoms with E-state index in [9.17, 15) is 0 Å². The number of benzene rings is 2. The van der Waals surface area contributed by atoms with E-state index in [1.807, 2.05) is 36.4 Å². The van der Waals surface area contributed by atoms with Gasteiger partial charge in [0.05, 0.1) is 16.7 Å². The van der Waals surface area contributed by atoms with E-state index in [-0.39, 0.29) is 6.61 Å². The van der Waals surface area contributed by atoms with Crippen LogP contribution >= 0.6 is 11.6 Å². The van der Waals surface area contributed by atoms with Crippen LogP contribution in [0.15, 0.2) is 53.1 Å². The number of aromatic nitrogens is 2. The molecule has 0 aliphatic carbocycles. The molecular formula is C16H10ClN3O2. The summed E-state index contributed by atoms with van der Waals surface area (Å²) in [7, 11) is 0. The number of rotatable bonds is 4. The van der Waals surface area contributed by atoms with Crippen molar-refractivity contribution in [3.05, 3.63) is 65.0 Å². The van der Waals surface area contributed by atoms with Gasteiger partial charge in [-0.2, -0.15) is 10.2 Å². The Morgan fingerprint density at radius 3 is 2.73 bits per heavy atom. The molecule has 0 amide bonds. The number of halogens is 1. The van der Waals surface area contributed by atoms with Crippen LogP contribution in [-0.2, 0) is 6.61 Å². The van der Waals surface area contributed by atoms with E-state index in [1.54, 1.807) is 18.2 Å². The van der Waals surface area contributed by atoms with Crippen LogP contribution in [0, 0.1) is 11.3 Å². The second kappa shape index (κ2) is 6.29. The first kappa shape index (κ1) is 14.1. The third-order valence-electron chi connectivity index (χ3n) is 2.91. The van der Waals surface area contributed by atoms with Gasteiger partial charge in [-0.25, -0.2) is 0 Å². The summed E-state index contributed by atoms with van der Waals surface area (Å²) in [5.41, 5.74) is 1.34. The molecule has 5 nitrogen and oxygen atoms in total. The average Bonchev–Trinajstić information content (AvgIpc) is 3.03. The molecule has 108 valence electrons. The van der Waals surface area contributed by atoms with E-state index < -0.39 is 0 Å². The first-order valence-electron chi connectivity index (χ1n) is 6.47. The van der Waals surface area contributed by atoms with Crippen LogP contribution in [0.25, 0.3) is 11.4 Å². The first-order chi connectivity index (χ1) is 10.8. The van der Waals surface area contributed by atoms with Crippen LogP contribution in [0.1, 0.15) is 11.5 Å². The second-order valence-corrected chi connectivity index (χ2v) is 4.83. The molecule has 6 heteroatoms. The van der Waals surface area contributed by atoms with Gasteiger partial charge in [-0.15, -0.1) is 0 Å². The van der Waals surface area contributed by atoms with Crippen molar-refractivity contribution in [2.45, 2.75) is 6.61 Å². The number of ether oxygens (including phenoxy) is 1. The number of nitrogens with zero attached hydrogens (tertiary/aromatic N) is 3. The van der Waals surface area contributed by atoms with Crippen molar-refractivity contribution in [2.75, 3.05) is 0 Å². The van der Waals surface area contributed by atoms with Crippen molar-refractivity contribution in [1.82, 2.24) is 10.1 Å². The summed E-state index contributed by atoms with van der Waals surface area (Å²) in [4.78, 5) is 4.26. The van der Waals surface area contributed by atoms with Crippen molar-refractivity contribution < 1.29 is 9.26 Å². The van der Waals surface area contributed by atoms with Crippen molar-refractivity contribution >= 4 is 11.6 Å². The lowest BCUT2D eigenvalue weighted by Crippen LogP contribution is -1.96. The fourth-order valence-electron chi connectivity index (χ4n) is 1.84. The summed E-state index contributed by atoms with van der Waals surface area (Å²) in [6.45, 7) is 0.103. The quantitative estimate of drug-likeness (QED) is 0.732. The van der Waals surface area contributed by atoms with Crippen molar-refractivity contribution in [1.29, 1.82) is 5.26 Å². The zero-order chi connectivity index (χ0) is 15.4. The Balaban J connectivity index is 1.70. The maximum Gasteiger partial charge on any atom is 0.264 e. The molecule has 3 aromatic rings. The minimum atomic E-state index is 0.103. The Morgan fingerprint density at radius 1 is 1.18 bits per heavy atom. The molecule has 0 aliphatic heterocycles. The van der Waals surface area contributed by atoms with Crippen LogP contribution in [0.3, 0.4) is 0 Å². The Bertz CT molecular complexity index is 825. The molecule has 0 radical (unpaired) electrons. The summed E-state index contributed by atoms with van der Waals surface area (Å²) in [6.07, 6.45) is 0. The normalized spacial score (nSPS) is 10.2. The molecule has 2 aromatic carbocycles. The molecule has 1 aromatic heterocycles. The Hall–Kier alpha value is -2.84. The van der Waals surface area contributed by atoms with Crippen molar-refractivity contribution in [3.63, 3.8) is 0 Å². The van der Waals surface area contributed by atoms with Crippen molar-refractivity contribution in [3.8, 4) is 23.2 Å². The fourth-order valence-corrected chi connectivity index (χ4v) is 2.08. The molecule has 0 saturated carbocycles. The molecule has 0 saturated heterocycles. The van der Waals surface area contributed by atoms with Crippen LogP contribution in [0.5, 0.6) is 5.75 Å². The summed E-state index contributed by atoms with van der Waals surface area (Å²) < 4.78 is 10.7. The first-order valence-corrected chi connectivity index (χ1v) is 6.84. The predicted octanol–water partition coefficient (Wildman–Crippen LogP) is 3.84. The fraction of sp³-hybridized carbons (Fsp3) is 0.0625. The van der Waals surface area contributed by atoms with Crippen LogP contribution < -0.4 is 4.74 Å². The van der Waals surface area contributed by atoms with Gasteiger partial charge in [0.25, 0.3) is 5.89 Å². The van der Waals surface area contributed by atoms with Gasteiger partial charge in [0.1, 0.15) is 5.75 Å². The van der Waals surface area contributed by atoms with Gasteiger partial charge in [0, 0.05) is 5.56 Å². The lowest BCUT2D eigenvalue weighted by Gasteiger charge is -2.05. The Morgan fingerprint density at radius 2 is 2.00 bits per heavy atom. The zero-order valence-electron chi connectivity index (χ0n) is 11.4. The maximum atomic E-state index is 8.79. The molecule has 22 heavy (non-hydrogen) atoms. The largest absolute Gasteiger partial charge is 0.482 e. The Labute approximate surface area is 131 Å². The topological polar surface area (TPSA) is 71.9 Å². The highest BCUT2D eigenvalue weighted by atomic mass is 35.5. The summed E-state index contributed by atoms with van der Waals surface area (Å²) in [6, 6.07) is 16.3. The highest BCUT2D eigenvalue weighted by Gasteiger charge is 2.10. The van der Waals surface area contributed by atoms with E-state index in [4.69, 9.17) is 26.1 Å². The standard InChI is InChI=1S/C16H10ClN3O2/c17-13-8-11(9-18)6-7-14(13)21-10-15-19-16(20-22-15)12-4-2-1-3-5-12/h1-8H,10H2. The maximum absolute atomic E-state index is 8.79. The van der Waals surface area contributed by atoms with Gasteiger partial charge in [0.15, 0.2) is 6.61 Å². The lowest BCUT2D eigenvalue weighted by molar-refractivity contribution is 0.243. The molecule has 0 fully saturated rings. The third-order valence-corrected chi connectivity index (χ3v) is 3.21. The minimum absolute atomic E-state index is 0.103. The van der Waals surface area contributed by atoms with Crippen LogP contribution in [0.2, 0.25) is 5.02 Å². The molecule has 0 N–H and O–H groups in total. The van der Waals surface area contributed by atoms with Gasteiger partial charge < -0.3 is 9.26 Å². The van der Waals surface area contributed by atoms with Gasteiger partial charge in [-0.05, 0) is 18.2 Å². The lowest BCUT2D eigenvalue weighted by atomic mass is 10.2. The highest BCUT2D eigenvalue weighted by Crippen LogP contribution is 2.26. The van der Waals surface area contributed by atoms with E-state index in [0.717, 1.165) is 5.56 Å². The van der Waals surface area contributed by atoms with E-state index in [1.165, 1.54) is 0 Å². The molecule has 3 rings (SSSR count). The van der Waals surface area contributed by atoms with Gasteiger partial charge in [-0.1, -0.05) is 47.1 Å². The van der Waals surface area contributed by atoms with Crippen molar-refractivity contribution in [2.24, 2.45) is 0 Å². The predicted molar refractivity (Wildman–Crippen MR) is 80.2 cm³/mol. The second-order valence-electron chi connectivity index (χ2n) is 4.42. The van der Waals surface area contributed by atoms with Gasteiger partial charge in [-0.3, -0.25) is 0 Å². The molecular weight excluding hydrogens is 302 g/mol.